The summed E-state index contributed by atoms with van der Waals surface area (Å²) in [6, 6.07) is 17.7. The number of methoxy groups -OCH3 is 1. The molecule has 2 aromatic heterocycles. The van der Waals surface area contributed by atoms with Crippen molar-refractivity contribution in [2.45, 2.75) is 6.61 Å². The third-order valence-electron chi connectivity index (χ3n) is 5.14. The Morgan fingerprint density at radius 2 is 1.83 bits per heavy atom. The maximum absolute atomic E-state index is 12.9. The third-order valence-corrected chi connectivity index (χ3v) is 5.38. The average molecular weight is 491 g/mol. The fourth-order valence-electron chi connectivity index (χ4n) is 3.43. The molecule has 0 bridgehead atoms. The Morgan fingerprint density at radius 3 is 2.63 bits per heavy atom. The first-order valence-electron chi connectivity index (χ1n) is 10.7. The molecule has 0 aliphatic rings. The van der Waals surface area contributed by atoms with Gasteiger partial charge in [0.15, 0.2) is 0 Å². The number of amides is 2. The number of nitrogens with zero attached hydrogens (tertiary/aromatic N) is 1. The SMILES string of the molecule is CNC(=O)c1cc(Oc2cccc(-c3c[nH]c(C(=O)Nc4cc(Cl)ccc4COC)c3)c2)ccn1. The molecule has 0 radical (unpaired) electrons. The fourth-order valence-corrected chi connectivity index (χ4v) is 3.60. The number of hydrogen-bond acceptors (Lipinski definition) is 5. The predicted octanol–water partition coefficient (Wildman–Crippen LogP) is 5.28. The fraction of sp³-hybridized carbons (Fsp3) is 0.115. The number of nitrogens with one attached hydrogen (secondary N) is 3. The summed E-state index contributed by atoms with van der Waals surface area (Å²) in [5.41, 5.74) is 3.71. The van der Waals surface area contributed by atoms with Gasteiger partial charge in [0.25, 0.3) is 11.8 Å². The molecule has 35 heavy (non-hydrogen) atoms. The molecule has 0 atom stereocenters. The number of H-pyrrole nitrogens is 1. The van der Waals surface area contributed by atoms with Gasteiger partial charge < -0.3 is 25.1 Å². The van der Waals surface area contributed by atoms with Crippen molar-refractivity contribution in [1.82, 2.24) is 15.3 Å². The van der Waals surface area contributed by atoms with Gasteiger partial charge in [-0.2, -0.15) is 0 Å². The molecule has 178 valence electrons. The van der Waals surface area contributed by atoms with Crippen LogP contribution in [0.1, 0.15) is 26.5 Å². The highest BCUT2D eigenvalue weighted by Crippen LogP contribution is 2.29. The van der Waals surface area contributed by atoms with Crippen molar-refractivity contribution < 1.29 is 19.1 Å². The number of anilines is 1. The van der Waals surface area contributed by atoms with E-state index in [2.05, 4.69) is 20.6 Å². The molecule has 4 aromatic rings. The number of benzene rings is 2. The molecule has 0 aliphatic heterocycles. The smallest absolute Gasteiger partial charge is 0.272 e. The van der Waals surface area contributed by atoms with Crippen LogP contribution in [0, 0.1) is 0 Å². The van der Waals surface area contributed by atoms with Crippen molar-refractivity contribution in [3.63, 3.8) is 0 Å². The van der Waals surface area contributed by atoms with Crippen molar-refractivity contribution in [3.8, 4) is 22.6 Å². The van der Waals surface area contributed by atoms with E-state index < -0.39 is 0 Å². The highest BCUT2D eigenvalue weighted by Gasteiger charge is 2.13. The molecule has 2 heterocycles. The minimum absolute atomic E-state index is 0.260. The van der Waals surface area contributed by atoms with Crippen LogP contribution in [-0.4, -0.2) is 35.9 Å². The number of pyridine rings is 1. The maximum atomic E-state index is 12.9. The minimum atomic E-state index is -0.304. The molecule has 8 nitrogen and oxygen atoms in total. The second-order valence-corrected chi connectivity index (χ2v) is 8.01. The maximum Gasteiger partial charge on any atom is 0.272 e. The number of hydrogen-bond donors (Lipinski definition) is 3. The van der Waals surface area contributed by atoms with Gasteiger partial charge in [-0.3, -0.25) is 14.6 Å². The normalized spacial score (nSPS) is 10.6. The first-order valence-corrected chi connectivity index (χ1v) is 11.1. The zero-order valence-corrected chi connectivity index (χ0v) is 19.8. The monoisotopic (exact) mass is 490 g/mol. The van der Waals surface area contributed by atoms with E-state index in [4.69, 9.17) is 21.1 Å². The van der Waals surface area contributed by atoms with Gasteiger partial charge >= 0.3 is 0 Å². The minimum Gasteiger partial charge on any atom is -0.457 e. The van der Waals surface area contributed by atoms with Crippen molar-refractivity contribution in [2.24, 2.45) is 0 Å². The van der Waals surface area contributed by atoms with Crippen LogP contribution in [0.15, 0.2) is 73.1 Å². The molecule has 4 rings (SSSR count). The van der Waals surface area contributed by atoms with Gasteiger partial charge in [0.05, 0.1) is 6.61 Å². The Morgan fingerprint density at radius 1 is 1.00 bits per heavy atom. The van der Waals surface area contributed by atoms with Crippen molar-refractivity contribution in [2.75, 3.05) is 19.5 Å². The largest absolute Gasteiger partial charge is 0.457 e. The Balaban J connectivity index is 1.51. The van der Waals surface area contributed by atoms with Crippen molar-refractivity contribution in [3.05, 3.63) is 95.0 Å². The second-order valence-electron chi connectivity index (χ2n) is 7.58. The average Bonchev–Trinajstić information content (AvgIpc) is 3.36. The summed E-state index contributed by atoms with van der Waals surface area (Å²) in [6.07, 6.45) is 3.26. The lowest BCUT2D eigenvalue weighted by atomic mass is 10.1. The number of ether oxygens (including phenoxy) is 2. The summed E-state index contributed by atoms with van der Waals surface area (Å²) in [5.74, 6) is 0.460. The van der Waals surface area contributed by atoms with Gasteiger partial charge in [0.1, 0.15) is 22.9 Å². The van der Waals surface area contributed by atoms with Crippen molar-refractivity contribution in [1.29, 1.82) is 0 Å². The Hall–Kier alpha value is -4.14. The summed E-state index contributed by atoms with van der Waals surface area (Å²) in [5, 5.41) is 5.93. The van der Waals surface area contributed by atoms with Crippen LogP contribution in [0.25, 0.3) is 11.1 Å². The van der Waals surface area contributed by atoms with E-state index in [0.717, 1.165) is 16.7 Å². The summed E-state index contributed by atoms with van der Waals surface area (Å²) < 4.78 is 11.1. The highest BCUT2D eigenvalue weighted by atomic mass is 35.5. The third kappa shape index (κ3) is 5.87. The lowest BCUT2D eigenvalue weighted by Crippen LogP contribution is -2.18. The van der Waals surface area contributed by atoms with E-state index in [1.165, 1.54) is 6.20 Å². The van der Waals surface area contributed by atoms with Gasteiger partial charge in [-0.1, -0.05) is 29.8 Å². The molecule has 9 heteroatoms. The highest BCUT2D eigenvalue weighted by molar-refractivity contribution is 6.31. The lowest BCUT2D eigenvalue weighted by molar-refractivity contribution is 0.0957. The number of aromatic amines is 1. The summed E-state index contributed by atoms with van der Waals surface area (Å²) >= 11 is 6.10. The predicted molar refractivity (Wildman–Crippen MR) is 134 cm³/mol. The molecular formula is C26H23ClN4O4. The molecule has 3 N–H and O–H groups in total. The lowest BCUT2D eigenvalue weighted by Gasteiger charge is -2.10. The van der Waals surface area contributed by atoms with Crippen LogP contribution in [-0.2, 0) is 11.3 Å². The Labute approximate surface area is 207 Å². The van der Waals surface area contributed by atoms with E-state index in [1.807, 2.05) is 24.3 Å². The van der Waals surface area contributed by atoms with E-state index in [0.29, 0.717) is 34.5 Å². The molecule has 0 aliphatic carbocycles. The zero-order chi connectivity index (χ0) is 24.8. The molecule has 2 aromatic carbocycles. The van der Waals surface area contributed by atoms with Crippen LogP contribution in [0.4, 0.5) is 5.69 Å². The quantitative estimate of drug-likeness (QED) is 0.311. The van der Waals surface area contributed by atoms with Crippen LogP contribution in [0.3, 0.4) is 0 Å². The molecule has 0 saturated carbocycles. The Kier molecular flexibility index (Phi) is 7.45. The van der Waals surface area contributed by atoms with Crippen molar-refractivity contribution >= 4 is 29.1 Å². The molecule has 2 amide bonds. The van der Waals surface area contributed by atoms with E-state index in [1.54, 1.807) is 56.8 Å². The topological polar surface area (TPSA) is 105 Å². The van der Waals surface area contributed by atoms with Crippen LogP contribution in [0.2, 0.25) is 5.02 Å². The second kappa shape index (κ2) is 10.9. The summed E-state index contributed by atoms with van der Waals surface area (Å²) in [7, 11) is 3.13. The van der Waals surface area contributed by atoms with Crippen LogP contribution in [0.5, 0.6) is 11.5 Å². The number of aromatic nitrogens is 2. The van der Waals surface area contributed by atoms with Crippen LogP contribution < -0.4 is 15.4 Å². The first-order chi connectivity index (χ1) is 17.0. The van der Waals surface area contributed by atoms with Gasteiger partial charge in [-0.15, -0.1) is 0 Å². The number of halogens is 1. The summed E-state index contributed by atoms with van der Waals surface area (Å²) in [4.78, 5) is 31.7. The molecule has 0 spiro atoms. The molecule has 0 saturated heterocycles. The molecule has 0 fully saturated rings. The number of carbonyl (C=O) groups is 2. The van der Waals surface area contributed by atoms with E-state index in [9.17, 15) is 9.59 Å². The number of carbonyl (C=O) groups excluding carboxylic acids is 2. The molecule has 0 unspecified atom stereocenters. The van der Waals surface area contributed by atoms with Gasteiger partial charge in [-0.05, 0) is 42.0 Å². The Bertz CT molecular complexity index is 1370. The van der Waals surface area contributed by atoms with Gasteiger partial charge in [0, 0.05) is 54.5 Å². The summed E-state index contributed by atoms with van der Waals surface area (Å²) in [6.45, 7) is 0.345. The van der Waals surface area contributed by atoms with Gasteiger partial charge in [0.2, 0.25) is 0 Å². The first kappa shape index (κ1) is 24.0. The van der Waals surface area contributed by atoms with E-state index in [-0.39, 0.29) is 17.5 Å². The van der Waals surface area contributed by atoms with Crippen LogP contribution >= 0.6 is 11.6 Å². The van der Waals surface area contributed by atoms with E-state index >= 15 is 0 Å². The number of rotatable bonds is 8. The standard InChI is InChI=1S/C26H23ClN4O4/c1-28-25(32)24-13-21(8-9-29-24)35-20-5-3-4-16(10-20)18-11-23(30-14-18)26(33)31-22-12-19(27)7-6-17(22)15-34-2/h3-14,30H,15H2,1-2H3,(H,28,32)(H,31,33). The van der Waals surface area contributed by atoms with Gasteiger partial charge in [-0.25, -0.2) is 0 Å². The zero-order valence-electron chi connectivity index (χ0n) is 19.1. The molecular weight excluding hydrogens is 468 g/mol.